The average Bonchev–Trinajstić information content (AvgIpc) is 3.06. The van der Waals surface area contributed by atoms with Crippen LogP contribution in [0.3, 0.4) is 0 Å². The molecule has 6 aliphatic rings. The summed E-state index contributed by atoms with van der Waals surface area (Å²) in [6.45, 7) is 2.03. The molecule has 6 heterocycles. The standard InChI is InChI=1S/C37H38N2O6/c1-39-15-13-26-18-31(42-2)35(40)28-21-44-27-10-8-22(9-11-27)16-29-34-25(12-14-38-29)19-32(43-3)37(36(34)41)45-20-24-6-4-23(5-7-24)17-30(39)33(26)28/h4-11,18-19,30,40-41H,12-17,20-21H2,1-3H3/t30-/m1/s1. The molecule has 0 fully saturated rings. The zero-order valence-corrected chi connectivity index (χ0v) is 25.9. The monoisotopic (exact) mass is 606 g/mol. The third-order valence-corrected chi connectivity index (χ3v) is 9.32. The fourth-order valence-electron chi connectivity index (χ4n) is 6.85. The predicted octanol–water partition coefficient (Wildman–Crippen LogP) is 5.95. The van der Waals surface area contributed by atoms with Gasteiger partial charge in [-0.05, 0) is 84.0 Å². The Balaban J connectivity index is 1.32. The SMILES string of the molecule is COc1cc2c3c(c1O)COc1ccc(cc1)CC1=NCCc4cc(OC)c(c(O)c41)OCc1ccc(cc1)C[C@H]3N(C)CC2. The maximum atomic E-state index is 11.5. The van der Waals surface area contributed by atoms with E-state index < -0.39 is 0 Å². The van der Waals surface area contributed by atoms with Crippen LogP contribution in [-0.4, -0.2) is 55.2 Å². The van der Waals surface area contributed by atoms with Crippen LogP contribution in [0, 0.1) is 0 Å². The largest absolute Gasteiger partial charge is 0.504 e. The van der Waals surface area contributed by atoms with Crippen LogP contribution in [0.1, 0.15) is 50.5 Å². The summed E-state index contributed by atoms with van der Waals surface area (Å²) in [5.41, 5.74) is 8.75. The first-order valence-corrected chi connectivity index (χ1v) is 15.4. The Morgan fingerprint density at radius 3 is 2.27 bits per heavy atom. The van der Waals surface area contributed by atoms with Crippen molar-refractivity contribution < 1.29 is 29.2 Å². The minimum absolute atomic E-state index is 0.0491. The van der Waals surface area contributed by atoms with Crippen LogP contribution in [0.25, 0.3) is 0 Å². The number of likely N-dealkylation sites (N-methyl/N-ethyl adjacent to an activating group) is 1. The second kappa shape index (κ2) is 12.0. The van der Waals surface area contributed by atoms with E-state index >= 15 is 0 Å². The second-order valence-corrected chi connectivity index (χ2v) is 12.0. The Morgan fingerprint density at radius 1 is 0.800 bits per heavy atom. The molecule has 8 nitrogen and oxygen atoms in total. The normalized spacial score (nSPS) is 17.8. The van der Waals surface area contributed by atoms with E-state index in [1.165, 1.54) is 11.1 Å². The molecule has 0 radical (unpaired) electrons. The van der Waals surface area contributed by atoms with Gasteiger partial charge in [-0.25, -0.2) is 0 Å². The molecule has 0 aliphatic carbocycles. The van der Waals surface area contributed by atoms with Crippen LogP contribution in [0.5, 0.6) is 34.5 Å². The fraction of sp³-hybridized carbons (Fsp3) is 0.324. The highest BCUT2D eigenvalue weighted by Gasteiger charge is 2.31. The van der Waals surface area contributed by atoms with Gasteiger partial charge in [-0.15, -0.1) is 0 Å². The van der Waals surface area contributed by atoms with E-state index in [1.807, 2.05) is 36.4 Å². The van der Waals surface area contributed by atoms with Gasteiger partial charge in [-0.2, -0.15) is 0 Å². The van der Waals surface area contributed by atoms with Crippen molar-refractivity contribution in [2.45, 2.75) is 44.9 Å². The number of methoxy groups -OCH3 is 2. The van der Waals surface area contributed by atoms with E-state index in [4.69, 9.17) is 23.9 Å². The van der Waals surface area contributed by atoms with Crippen molar-refractivity contribution >= 4 is 5.71 Å². The molecule has 6 bridgehead atoms. The van der Waals surface area contributed by atoms with E-state index in [0.717, 1.165) is 58.5 Å². The topological polar surface area (TPSA) is 93.0 Å². The summed E-state index contributed by atoms with van der Waals surface area (Å²) in [5.74, 6) is 2.20. The van der Waals surface area contributed by atoms with Crippen LogP contribution in [-0.2, 0) is 38.9 Å². The van der Waals surface area contributed by atoms with E-state index in [0.29, 0.717) is 42.4 Å². The van der Waals surface area contributed by atoms with Gasteiger partial charge in [0.25, 0.3) is 0 Å². The van der Waals surface area contributed by atoms with Gasteiger partial charge in [0.1, 0.15) is 19.0 Å². The highest BCUT2D eigenvalue weighted by atomic mass is 16.5. The molecular formula is C37H38N2O6. The minimum atomic E-state index is 0.0491. The summed E-state index contributed by atoms with van der Waals surface area (Å²) in [6, 6.07) is 20.3. The lowest BCUT2D eigenvalue weighted by Gasteiger charge is -2.37. The minimum Gasteiger partial charge on any atom is -0.504 e. The molecular weight excluding hydrogens is 568 g/mol. The maximum absolute atomic E-state index is 11.5. The summed E-state index contributed by atoms with van der Waals surface area (Å²) in [4.78, 5) is 7.16. The Kier molecular flexibility index (Phi) is 7.75. The summed E-state index contributed by atoms with van der Waals surface area (Å²) in [7, 11) is 5.32. The lowest BCUT2D eigenvalue weighted by atomic mass is 9.85. The molecule has 1 atom stereocenters. The molecule has 8 heteroatoms. The van der Waals surface area contributed by atoms with Crippen LogP contribution in [0.4, 0.5) is 0 Å². The number of ether oxygens (including phenoxy) is 4. The quantitative estimate of drug-likeness (QED) is 0.292. The number of phenolic OH excluding ortho intramolecular Hbond substituents is 2. The summed E-state index contributed by atoms with van der Waals surface area (Å²) in [6.07, 6.45) is 2.89. The molecule has 0 spiro atoms. The predicted molar refractivity (Wildman–Crippen MR) is 172 cm³/mol. The van der Waals surface area contributed by atoms with E-state index in [1.54, 1.807) is 14.2 Å². The van der Waals surface area contributed by atoms with Crippen molar-refractivity contribution in [1.29, 1.82) is 0 Å². The first-order chi connectivity index (χ1) is 21.9. The molecule has 0 saturated heterocycles. The van der Waals surface area contributed by atoms with Crippen molar-refractivity contribution in [3.63, 3.8) is 0 Å². The molecule has 6 aliphatic heterocycles. The van der Waals surface area contributed by atoms with Crippen LogP contribution in [0.15, 0.2) is 65.7 Å². The Labute approximate surface area is 263 Å². The summed E-state index contributed by atoms with van der Waals surface area (Å²) >= 11 is 0. The van der Waals surface area contributed by atoms with Gasteiger partial charge in [0.05, 0.1) is 19.9 Å². The van der Waals surface area contributed by atoms with Crippen molar-refractivity contribution in [2.24, 2.45) is 4.99 Å². The molecule has 0 unspecified atom stereocenters. The highest BCUT2D eigenvalue weighted by Crippen LogP contribution is 2.45. The molecule has 4 aromatic rings. The zero-order chi connectivity index (χ0) is 31.1. The Bertz CT molecular complexity index is 1760. The zero-order valence-electron chi connectivity index (χ0n) is 25.9. The average molecular weight is 607 g/mol. The molecule has 4 aromatic carbocycles. The first-order valence-electron chi connectivity index (χ1n) is 15.4. The molecule has 0 amide bonds. The van der Waals surface area contributed by atoms with E-state index in [9.17, 15) is 10.2 Å². The van der Waals surface area contributed by atoms with Gasteiger partial charge >= 0.3 is 0 Å². The van der Waals surface area contributed by atoms with Crippen LogP contribution in [0.2, 0.25) is 0 Å². The molecule has 0 saturated carbocycles. The molecule has 232 valence electrons. The van der Waals surface area contributed by atoms with Crippen LogP contribution >= 0.6 is 0 Å². The van der Waals surface area contributed by atoms with Gasteiger partial charge in [0, 0.05) is 36.7 Å². The first kappa shape index (κ1) is 29.0. The number of benzene rings is 4. The molecule has 45 heavy (non-hydrogen) atoms. The number of phenols is 2. The fourth-order valence-corrected chi connectivity index (χ4v) is 6.85. The molecule has 2 N–H and O–H groups in total. The smallest absolute Gasteiger partial charge is 0.204 e. The highest BCUT2D eigenvalue weighted by molar-refractivity contribution is 6.07. The van der Waals surface area contributed by atoms with Crippen molar-refractivity contribution in [3.05, 3.63) is 105 Å². The van der Waals surface area contributed by atoms with Gasteiger partial charge in [-0.3, -0.25) is 9.89 Å². The number of rotatable bonds is 2. The lowest BCUT2D eigenvalue weighted by Crippen LogP contribution is -2.34. The van der Waals surface area contributed by atoms with Gasteiger partial charge in [0.15, 0.2) is 23.0 Å². The van der Waals surface area contributed by atoms with Crippen molar-refractivity contribution in [1.82, 2.24) is 4.90 Å². The number of hydrogen-bond acceptors (Lipinski definition) is 8. The number of aliphatic imine (C=N–C) groups is 1. The van der Waals surface area contributed by atoms with E-state index in [2.05, 4.69) is 36.2 Å². The van der Waals surface area contributed by atoms with Crippen molar-refractivity contribution in [3.8, 4) is 34.5 Å². The third kappa shape index (κ3) is 5.44. The second-order valence-electron chi connectivity index (χ2n) is 12.0. The maximum Gasteiger partial charge on any atom is 0.204 e. The van der Waals surface area contributed by atoms with Gasteiger partial charge in [0.2, 0.25) is 5.75 Å². The number of aromatic hydroxyl groups is 2. The number of nitrogens with zero attached hydrogens (tertiary/aromatic N) is 2. The van der Waals surface area contributed by atoms with Gasteiger partial charge in [-0.1, -0.05) is 36.4 Å². The van der Waals surface area contributed by atoms with Gasteiger partial charge < -0.3 is 29.2 Å². The molecule has 10 rings (SSSR count). The lowest BCUT2D eigenvalue weighted by molar-refractivity contribution is 0.220. The van der Waals surface area contributed by atoms with Crippen molar-refractivity contribution in [2.75, 3.05) is 34.4 Å². The Morgan fingerprint density at radius 2 is 1.51 bits per heavy atom. The van der Waals surface area contributed by atoms with E-state index in [-0.39, 0.29) is 30.8 Å². The summed E-state index contributed by atoms with van der Waals surface area (Å²) < 4.78 is 23.8. The summed E-state index contributed by atoms with van der Waals surface area (Å²) in [5, 5.41) is 22.9. The molecule has 0 aromatic heterocycles. The van der Waals surface area contributed by atoms with Crippen LogP contribution < -0.4 is 18.9 Å². The Hall–Kier alpha value is -4.69. The number of hydrogen-bond donors (Lipinski definition) is 2. The third-order valence-electron chi connectivity index (χ3n) is 9.32.